The Morgan fingerprint density at radius 1 is 1.13 bits per heavy atom. The van der Waals surface area contributed by atoms with E-state index in [1.165, 1.54) is 0 Å². The highest BCUT2D eigenvalue weighted by molar-refractivity contribution is 7.15. The first-order valence-corrected chi connectivity index (χ1v) is 18.4. The Balaban J connectivity index is 1.04. The van der Waals surface area contributed by atoms with Crippen LogP contribution in [-0.4, -0.2) is 72.9 Å². The molecule has 5 heterocycles. The fourth-order valence-electron chi connectivity index (χ4n) is 6.47. The number of halogens is 1. The molecule has 2 aliphatic heterocycles. The van der Waals surface area contributed by atoms with Crippen LogP contribution in [-0.2, 0) is 17.9 Å². The van der Waals surface area contributed by atoms with Crippen LogP contribution in [0.25, 0.3) is 5.00 Å². The molecule has 13 heteroatoms. The SMILES string of the molecule is Cc1c(C#Cc2cnn(CCCC#Cc3cccc(C=O)c3C(=O)N(C)C3CCC(=O)NC3)c2)sc2c1C(c1ccc(Cl)cc1)=NCc1nnc(C)n1-2. The van der Waals surface area contributed by atoms with Crippen molar-refractivity contribution < 1.29 is 14.4 Å². The van der Waals surface area contributed by atoms with E-state index in [9.17, 15) is 14.4 Å². The van der Waals surface area contributed by atoms with Crippen molar-refractivity contribution >= 4 is 46.7 Å². The molecule has 1 N–H and O–H groups in total. The van der Waals surface area contributed by atoms with E-state index in [-0.39, 0.29) is 23.4 Å². The molecule has 11 nitrogen and oxygen atoms in total. The number of piperidine rings is 1. The van der Waals surface area contributed by atoms with Gasteiger partial charge < -0.3 is 10.2 Å². The van der Waals surface area contributed by atoms with Crippen molar-refractivity contribution in [3.8, 4) is 28.7 Å². The standard InChI is InChI=1S/C40H35ClN8O3S/c1-25-33(53-40-36(25)38(29-12-14-31(41)15-13-29)43-22-34-46-45-26(2)49(34)40)17-11-27-20-44-48(23-27)19-6-4-5-8-28-9-7-10-30(24-50)37(28)39(52)47(3)32-16-18-35(51)42-21-32/h7,9-10,12-15,20,23-24,32H,4,6,16,18-19,21-22H2,1-3H3,(H,42,51). The minimum atomic E-state index is -0.287. The topological polar surface area (TPSA) is 127 Å². The van der Waals surface area contributed by atoms with E-state index in [1.54, 1.807) is 47.7 Å². The zero-order valence-corrected chi connectivity index (χ0v) is 31.0. The summed E-state index contributed by atoms with van der Waals surface area (Å²) in [6.07, 6.45) is 6.58. The second-order valence-electron chi connectivity index (χ2n) is 12.9. The van der Waals surface area contributed by atoms with Gasteiger partial charge in [0.15, 0.2) is 12.1 Å². The maximum Gasteiger partial charge on any atom is 0.255 e. The first-order valence-electron chi connectivity index (χ1n) is 17.2. The van der Waals surface area contributed by atoms with Gasteiger partial charge in [0.2, 0.25) is 5.91 Å². The number of aliphatic imine (C=N–C) groups is 1. The van der Waals surface area contributed by atoms with Gasteiger partial charge >= 0.3 is 0 Å². The number of carbonyl (C=O) groups is 3. The van der Waals surface area contributed by atoms with Crippen LogP contribution in [0.5, 0.6) is 0 Å². The van der Waals surface area contributed by atoms with Gasteiger partial charge in [0, 0.05) is 72.5 Å². The fourth-order valence-corrected chi connectivity index (χ4v) is 7.83. The molecule has 1 atom stereocenters. The van der Waals surface area contributed by atoms with Crippen molar-refractivity contribution in [1.29, 1.82) is 0 Å². The van der Waals surface area contributed by atoms with E-state index in [1.807, 2.05) is 42.1 Å². The zero-order valence-electron chi connectivity index (χ0n) is 29.4. The van der Waals surface area contributed by atoms with Crippen LogP contribution < -0.4 is 5.32 Å². The smallest absolute Gasteiger partial charge is 0.255 e. The number of amides is 2. The number of hydrogen-bond donors (Lipinski definition) is 1. The fraction of sp³-hybridized carbons (Fsp3) is 0.275. The van der Waals surface area contributed by atoms with Crippen molar-refractivity contribution in [1.82, 2.24) is 34.8 Å². The number of hydrogen-bond acceptors (Lipinski definition) is 8. The van der Waals surface area contributed by atoms with E-state index >= 15 is 0 Å². The summed E-state index contributed by atoms with van der Waals surface area (Å²) in [6, 6.07) is 12.7. The lowest BCUT2D eigenvalue weighted by molar-refractivity contribution is -0.123. The molecule has 3 aromatic heterocycles. The summed E-state index contributed by atoms with van der Waals surface area (Å²) >= 11 is 7.79. The molecule has 266 valence electrons. The third kappa shape index (κ3) is 7.43. The van der Waals surface area contributed by atoms with Crippen LogP contribution in [0.1, 0.15) is 90.7 Å². The monoisotopic (exact) mass is 742 g/mol. The lowest BCUT2D eigenvalue weighted by Gasteiger charge is -2.31. The Kier molecular flexibility index (Phi) is 10.4. The molecule has 1 unspecified atom stereocenters. The molecule has 1 saturated heterocycles. The maximum atomic E-state index is 13.5. The average Bonchev–Trinajstić information content (AvgIpc) is 3.84. The van der Waals surface area contributed by atoms with Gasteiger partial charge in [-0.15, -0.1) is 21.5 Å². The number of likely N-dealkylation sites (N-methyl/N-ethyl adjacent to an activating group) is 1. The second-order valence-corrected chi connectivity index (χ2v) is 14.3. The first kappa shape index (κ1) is 35.6. The van der Waals surface area contributed by atoms with Gasteiger partial charge in [-0.3, -0.25) is 28.6 Å². The van der Waals surface area contributed by atoms with Gasteiger partial charge in [0.25, 0.3) is 5.91 Å². The van der Waals surface area contributed by atoms with Crippen LogP contribution in [0.3, 0.4) is 0 Å². The van der Waals surface area contributed by atoms with Gasteiger partial charge in [-0.25, -0.2) is 0 Å². The van der Waals surface area contributed by atoms with Crippen LogP contribution in [0.2, 0.25) is 5.02 Å². The maximum absolute atomic E-state index is 13.5. The summed E-state index contributed by atoms with van der Waals surface area (Å²) in [5.74, 6) is 14.2. The first-order chi connectivity index (χ1) is 25.7. The number of aromatic nitrogens is 5. The van der Waals surface area contributed by atoms with Gasteiger partial charge in [-0.05, 0) is 50.5 Å². The highest BCUT2D eigenvalue weighted by Gasteiger charge is 2.29. The van der Waals surface area contributed by atoms with Crippen molar-refractivity contribution in [3.05, 3.63) is 115 Å². The molecular formula is C40H35ClN8O3S. The molecule has 0 spiro atoms. The van der Waals surface area contributed by atoms with Crippen molar-refractivity contribution in [3.63, 3.8) is 0 Å². The number of fused-ring (bicyclic) bond motifs is 3. The third-order valence-electron chi connectivity index (χ3n) is 9.37. The second kappa shape index (κ2) is 15.4. The molecule has 2 amide bonds. The molecule has 0 radical (unpaired) electrons. The van der Waals surface area contributed by atoms with Crippen LogP contribution >= 0.6 is 22.9 Å². The number of thiophene rings is 1. The summed E-state index contributed by atoms with van der Waals surface area (Å²) in [5, 5.41) is 17.7. The number of benzene rings is 2. The summed E-state index contributed by atoms with van der Waals surface area (Å²) in [4.78, 5) is 44.5. The minimum Gasteiger partial charge on any atom is -0.354 e. The van der Waals surface area contributed by atoms with E-state index in [4.69, 9.17) is 16.6 Å². The molecule has 7 rings (SSSR count). The average molecular weight is 743 g/mol. The normalized spacial score (nSPS) is 14.7. The Labute approximate surface area is 316 Å². The van der Waals surface area contributed by atoms with E-state index in [0.717, 1.165) is 55.9 Å². The molecule has 0 aliphatic carbocycles. The summed E-state index contributed by atoms with van der Waals surface area (Å²) in [7, 11) is 1.70. The minimum absolute atomic E-state index is 0.0218. The number of aryl methyl sites for hydroxylation is 2. The third-order valence-corrected chi connectivity index (χ3v) is 10.8. The highest BCUT2D eigenvalue weighted by atomic mass is 35.5. The molecule has 53 heavy (non-hydrogen) atoms. The molecule has 0 bridgehead atoms. The van der Waals surface area contributed by atoms with Crippen LogP contribution in [0.15, 0.2) is 59.9 Å². The van der Waals surface area contributed by atoms with Gasteiger partial charge in [0.1, 0.15) is 17.4 Å². The summed E-state index contributed by atoms with van der Waals surface area (Å²) in [6.45, 7) is 5.45. The lowest BCUT2D eigenvalue weighted by Crippen LogP contribution is -2.48. The molecule has 2 aromatic carbocycles. The summed E-state index contributed by atoms with van der Waals surface area (Å²) < 4.78 is 3.92. The van der Waals surface area contributed by atoms with E-state index in [2.05, 4.69) is 55.8 Å². The van der Waals surface area contributed by atoms with Gasteiger partial charge in [0.05, 0.1) is 27.9 Å². The number of carbonyl (C=O) groups excluding carboxylic acids is 3. The predicted molar refractivity (Wildman–Crippen MR) is 204 cm³/mol. The van der Waals surface area contributed by atoms with Crippen molar-refractivity contribution in [2.45, 2.75) is 58.7 Å². The lowest BCUT2D eigenvalue weighted by atomic mass is 9.98. The molecule has 1 fully saturated rings. The van der Waals surface area contributed by atoms with Gasteiger partial charge in [-0.1, -0.05) is 59.5 Å². The number of nitrogens with zero attached hydrogens (tertiary/aromatic N) is 7. The molecule has 2 aliphatic rings. The molecule has 0 saturated carbocycles. The van der Waals surface area contributed by atoms with Crippen LogP contribution in [0, 0.1) is 37.5 Å². The Hall–Kier alpha value is -5.82. The highest BCUT2D eigenvalue weighted by Crippen LogP contribution is 2.36. The van der Waals surface area contributed by atoms with Crippen molar-refractivity contribution in [2.24, 2.45) is 4.99 Å². The largest absolute Gasteiger partial charge is 0.354 e. The number of aldehydes is 1. The zero-order chi connectivity index (χ0) is 37.1. The molecular weight excluding hydrogens is 708 g/mol. The predicted octanol–water partition coefficient (Wildman–Crippen LogP) is 5.54. The van der Waals surface area contributed by atoms with Crippen molar-refractivity contribution in [2.75, 3.05) is 13.6 Å². The summed E-state index contributed by atoms with van der Waals surface area (Å²) in [5.41, 5.74) is 5.78. The number of unbranched alkanes of at least 4 members (excludes halogenated alkanes) is 1. The van der Waals surface area contributed by atoms with Crippen LogP contribution in [0.4, 0.5) is 0 Å². The van der Waals surface area contributed by atoms with Gasteiger partial charge in [-0.2, -0.15) is 5.10 Å². The van der Waals surface area contributed by atoms with E-state index in [0.29, 0.717) is 61.3 Å². The Bertz CT molecular complexity index is 2390. The number of nitrogens with one attached hydrogen (secondary N) is 1. The number of rotatable bonds is 7. The quantitative estimate of drug-likeness (QED) is 0.133. The van der Waals surface area contributed by atoms with E-state index < -0.39 is 0 Å². The Morgan fingerprint density at radius 3 is 2.74 bits per heavy atom. The Morgan fingerprint density at radius 2 is 1.96 bits per heavy atom. The molecule has 5 aromatic rings.